The van der Waals surface area contributed by atoms with Gasteiger partial charge in [0.2, 0.25) is 0 Å². The van der Waals surface area contributed by atoms with E-state index in [1.54, 1.807) is 6.07 Å². The van der Waals surface area contributed by atoms with E-state index in [0.29, 0.717) is 5.56 Å². The molecule has 1 rings (SSSR count). The molecule has 0 aliphatic carbocycles. The quantitative estimate of drug-likeness (QED) is 0.681. The monoisotopic (exact) mass is 166 g/mol. The summed E-state index contributed by atoms with van der Waals surface area (Å²) in [6, 6.07) is 5.72. The van der Waals surface area contributed by atoms with Crippen molar-refractivity contribution in [1.82, 2.24) is 0 Å². The molecule has 12 heavy (non-hydrogen) atoms. The molecule has 1 N–H and O–H groups in total. The van der Waals surface area contributed by atoms with Gasteiger partial charge in [0, 0.05) is 6.08 Å². The maximum Gasteiger partial charge on any atom is 0.328 e. The number of carbonyl (C=O) groups is 1. The first kappa shape index (κ1) is 8.46. The van der Waals surface area contributed by atoms with Crippen molar-refractivity contribution in [3.05, 3.63) is 41.7 Å². The number of halogens is 1. The first-order valence-corrected chi connectivity index (χ1v) is 3.35. The average molecular weight is 166 g/mol. The van der Waals surface area contributed by atoms with Crippen LogP contribution < -0.4 is 0 Å². The molecule has 0 aliphatic rings. The van der Waals surface area contributed by atoms with Crippen molar-refractivity contribution in [2.75, 3.05) is 0 Å². The van der Waals surface area contributed by atoms with Gasteiger partial charge < -0.3 is 5.11 Å². The molecule has 0 saturated carbocycles. The zero-order chi connectivity index (χ0) is 8.97. The normalized spacial score (nSPS) is 10.4. The van der Waals surface area contributed by atoms with Crippen molar-refractivity contribution >= 4 is 12.0 Å². The van der Waals surface area contributed by atoms with Crippen LogP contribution in [0.25, 0.3) is 6.08 Å². The van der Waals surface area contributed by atoms with Gasteiger partial charge in [0.25, 0.3) is 0 Å². The maximum absolute atomic E-state index is 12.5. The van der Waals surface area contributed by atoms with Gasteiger partial charge in [0.1, 0.15) is 5.82 Å². The van der Waals surface area contributed by atoms with Gasteiger partial charge in [0.15, 0.2) is 0 Å². The minimum absolute atomic E-state index is 0.373. The Morgan fingerprint density at radius 1 is 1.50 bits per heavy atom. The fraction of sp³-hybridized carbons (Fsp3) is 0. The summed E-state index contributed by atoms with van der Waals surface area (Å²) in [6.45, 7) is 0. The van der Waals surface area contributed by atoms with E-state index in [2.05, 4.69) is 0 Å². The summed E-state index contributed by atoms with van der Waals surface area (Å²) >= 11 is 0. The van der Waals surface area contributed by atoms with Crippen molar-refractivity contribution < 1.29 is 14.3 Å². The second kappa shape index (κ2) is 3.67. The first-order chi connectivity index (χ1) is 5.68. The van der Waals surface area contributed by atoms with Crippen molar-refractivity contribution in [3.63, 3.8) is 0 Å². The largest absolute Gasteiger partial charge is 0.478 e. The van der Waals surface area contributed by atoms with Crippen LogP contribution >= 0.6 is 0 Å². The van der Waals surface area contributed by atoms with E-state index in [0.717, 1.165) is 6.08 Å². The highest BCUT2D eigenvalue weighted by Gasteiger charge is 1.91. The average Bonchev–Trinajstić information content (AvgIpc) is 2.01. The van der Waals surface area contributed by atoms with E-state index in [9.17, 15) is 9.18 Å². The van der Waals surface area contributed by atoms with Crippen molar-refractivity contribution in [2.45, 2.75) is 0 Å². The number of rotatable bonds is 2. The summed E-state index contributed by atoms with van der Waals surface area (Å²) in [5.41, 5.74) is 0.539. The lowest BCUT2D eigenvalue weighted by Gasteiger charge is -1.91. The van der Waals surface area contributed by atoms with E-state index in [1.807, 2.05) is 0 Å². The molecule has 3 heteroatoms. The maximum atomic E-state index is 12.5. The lowest BCUT2D eigenvalue weighted by molar-refractivity contribution is -0.131. The Bertz CT molecular complexity index is 318. The molecule has 0 atom stereocenters. The molecule has 62 valence electrons. The van der Waals surface area contributed by atoms with Crippen LogP contribution in [0.1, 0.15) is 5.56 Å². The van der Waals surface area contributed by atoms with Gasteiger partial charge in [-0.2, -0.15) is 0 Å². The van der Waals surface area contributed by atoms with Gasteiger partial charge in [-0.3, -0.25) is 0 Å². The molecule has 0 fully saturated rings. The molecule has 0 aromatic heterocycles. The molecule has 0 radical (unpaired) electrons. The summed E-state index contributed by atoms with van der Waals surface area (Å²) in [7, 11) is 0. The number of aliphatic carboxylic acids is 1. The minimum Gasteiger partial charge on any atom is -0.478 e. The van der Waals surface area contributed by atoms with Crippen molar-refractivity contribution in [1.29, 1.82) is 0 Å². The van der Waals surface area contributed by atoms with Gasteiger partial charge in [-0.15, -0.1) is 0 Å². The number of hydrogen-bond acceptors (Lipinski definition) is 1. The summed E-state index contributed by atoms with van der Waals surface area (Å²) in [6.07, 6.45) is 2.31. The van der Waals surface area contributed by atoms with Crippen molar-refractivity contribution in [2.24, 2.45) is 0 Å². The van der Waals surface area contributed by atoms with Crippen LogP contribution in [0.4, 0.5) is 4.39 Å². The zero-order valence-electron chi connectivity index (χ0n) is 6.20. The number of hydrogen-bond donors (Lipinski definition) is 1. The van der Waals surface area contributed by atoms with Gasteiger partial charge in [-0.1, -0.05) is 12.1 Å². The van der Waals surface area contributed by atoms with E-state index in [-0.39, 0.29) is 5.82 Å². The molecule has 2 nitrogen and oxygen atoms in total. The Morgan fingerprint density at radius 3 is 2.83 bits per heavy atom. The highest BCUT2D eigenvalue weighted by molar-refractivity contribution is 5.85. The summed E-state index contributed by atoms with van der Waals surface area (Å²) in [4.78, 5) is 10.1. The van der Waals surface area contributed by atoms with Crippen LogP contribution in [0.5, 0.6) is 0 Å². The van der Waals surface area contributed by atoms with Gasteiger partial charge in [0.05, 0.1) is 0 Å². The van der Waals surface area contributed by atoms with Gasteiger partial charge in [-0.05, 0) is 23.8 Å². The zero-order valence-corrected chi connectivity index (χ0v) is 6.20. The number of carboxylic acids is 1. The van der Waals surface area contributed by atoms with E-state index >= 15 is 0 Å². The summed E-state index contributed by atoms with van der Waals surface area (Å²) in [5, 5.41) is 8.26. The molecule has 0 spiro atoms. The third-order valence-electron chi connectivity index (χ3n) is 1.27. The van der Waals surface area contributed by atoms with E-state index < -0.39 is 5.97 Å². The molecule has 0 unspecified atom stereocenters. The predicted octanol–water partition coefficient (Wildman–Crippen LogP) is 1.92. The Labute approximate surface area is 69.0 Å². The molecule has 1 aromatic rings. The molecule has 0 heterocycles. The predicted molar refractivity (Wildman–Crippen MR) is 43.1 cm³/mol. The van der Waals surface area contributed by atoms with Crippen LogP contribution in [0.3, 0.4) is 0 Å². The van der Waals surface area contributed by atoms with E-state index in [1.165, 1.54) is 24.3 Å². The van der Waals surface area contributed by atoms with Crippen LogP contribution in [0.15, 0.2) is 30.3 Å². The molecule has 0 bridgehead atoms. The third kappa shape index (κ3) is 2.54. The lowest BCUT2D eigenvalue weighted by atomic mass is 10.2. The Hall–Kier alpha value is -1.64. The molecule has 0 aliphatic heterocycles. The molecular weight excluding hydrogens is 159 g/mol. The molecule has 0 saturated heterocycles. The summed E-state index contributed by atoms with van der Waals surface area (Å²) < 4.78 is 12.5. The fourth-order valence-electron chi connectivity index (χ4n) is 0.778. The molecule has 0 amide bonds. The Balaban J connectivity index is 2.83. The minimum atomic E-state index is -1.04. The highest BCUT2D eigenvalue weighted by atomic mass is 19.1. The molecule has 1 aromatic carbocycles. The standard InChI is InChI=1S/C9H7FO2/c10-8-3-1-2-7(6-8)4-5-9(11)12/h1-6H,(H,11,12)/b5-4+. The van der Waals surface area contributed by atoms with Crippen LogP contribution in [-0.2, 0) is 4.79 Å². The SMILES string of the molecule is O=C(O)/C=C/c1cccc(F)c1. The van der Waals surface area contributed by atoms with Crippen LogP contribution in [-0.4, -0.2) is 11.1 Å². The second-order valence-corrected chi connectivity index (χ2v) is 2.23. The Kier molecular flexibility index (Phi) is 2.58. The Morgan fingerprint density at radius 2 is 2.25 bits per heavy atom. The number of benzene rings is 1. The number of carboxylic acid groups (broad SMARTS) is 1. The topological polar surface area (TPSA) is 37.3 Å². The van der Waals surface area contributed by atoms with Crippen LogP contribution in [0.2, 0.25) is 0 Å². The molecular formula is C9H7FO2. The third-order valence-corrected chi connectivity index (χ3v) is 1.27. The summed E-state index contributed by atoms with van der Waals surface area (Å²) in [5.74, 6) is -1.41. The lowest BCUT2D eigenvalue weighted by Crippen LogP contribution is -1.85. The second-order valence-electron chi connectivity index (χ2n) is 2.23. The van der Waals surface area contributed by atoms with Gasteiger partial charge >= 0.3 is 5.97 Å². The smallest absolute Gasteiger partial charge is 0.328 e. The van der Waals surface area contributed by atoms with E-state index in [4.69, 9.17) is 5.11 Å². The highest BCUT2D eigenvalue weighted by Crippen LogP contribution is 2.04. The van der Waals surface area contributed by atoms with Crippen molar-refractivity contribution in [3.8, 4) is 0 Å². The van der Waals surface area contributed by atoms with Gasteiger partial charge in [-0.25, -0.2) is 9.18 Å². The fourth-order valence-corrected chi connectivity index (χ4v) is 0.778. The van der Waals surface area contributed by atoms with Crippen LogP contribution in [0, 0.1) is 5.82 Å². The first-order valence-electron chi connectivity index (χ1n) is 3.35.